The molecule has 2 aromatic carbocycles. The maximum Gasteiger partial charge on any atom is 0.277 e. The van der Waals surface area contributed by atoms with Gasteiger partial charge >= 0.3 is 0 Å². The van der Waals surface area contributed by atoms with Crippen LogP contribution in [0.2, 0.25) is 0 Å². The van der Waals surface area contributed by atoms with E-state index >= 15 is 0 Å². The first-order valence-corrected chi connectivity index (χ1v) is 9.69. The summed E-state index contributed by atoms with van der Waals surface area (Å²) in [6.45, 7) is 0.335. The molecule has 1 aliphatic carbocycles. The quantitative estimate of drug-likeness (QED) is 0.697. The van der Waals surface area contributed by atoms with Gasteiger partial charge in [0.05, 0.1) is 6.04 Å². The zero-order valence-corrected chi connectivity index (χ0v) is 16.1. The van der Waals surface area contributed by atoms with Crippen LogP contribution >= 0.6 is 0 Å². The van der Waals surface area contributed by atoms with E-state index in [0.717, 1.165) is 12.8 Å². The lowest BCUT2D eigenvalue weighted by Crippen LogP contribution is -2.54. The van der Waals surface area contributed by atoms with Crippen LogP contribution in [0.3, 0.4) is 0 Å². The lowest BCUT2D eigenvalue weighted by molar-refractivity contribution is 0.0726. The Balaban J connectivity index is 1.79. The van der Waals surface area contributed by atoms with Gasteiger partial charge in [0, 0.05) is 19.3 Å². The normalized spacial score (nSPS) is 16.1. The fourth-order valence-electron chi connectivity index (χ4n) is 4.48. The van der Waals surface area contributed by atoms with E-state index in [2.05, 4.69) is 24.3 Å². The van der Waals surface area contributed by atoms with Crippen LogP contribution in [0.15, 0.2) is 65.6 Å². The maximum absolute atomic E-state index is 12.8. The fraction of sp³-hybridized carbons (Fsp3) is 0.217. The molecule has 6 nitrogen and oxygen atoms in total. The smallest absolute Gasteiger partial charge is 0.277 e. The van der Waals surface area contributed by atoms with Crippen LogP contribution in [0.25, 0.3) is 0 Å². The molecule has 6 heteroatoms. The third kappa shape index (κ3) is 2.63. The van der Waals surface area contributed by atoms with Crippen molar-refractivity contribution in [3.63, 3.8) is 0 Å². The Morgan fingerprint density at radius 2 is 1.48 bits per heavy atom. The predicted molar refractivity (Wildman–Crippen MR) is 110 cm³/mol. The SMILES string of the molecule is CN1CN(C2c3ccccc3CCc3ccccc32)n2ccc(=O)c(O)c2C1=O. The number of aromatic hydroxyl groups is 1. The summed E-state index contributed by atoms with van der Waals surface area (Å²) >= 11 is 0. The topological polar surface area (TPSA) is 65.8 Å². The van der Waals surface area contributed by atoms with Gasteiger partial charge in [0.1, 0.15) is 6.67 Å². The molecule has 0 saturated heterocycles. The zero-order chi connectivity index (χ0) is 20.1. The Morgan fingerprint density at radius 1 is 0.897 bits per heavy atom. The van der Waals surface area contributed by atoms with Crippen LogP contribution in [0.4, 0.5) is 0 Å². The molecule has 1 aromatic heterocycles. The molecule has 1 N–H and O–H groups in total. The Kier molecular flexibility index (Phi) is 3.94. The molecule has 2 aliphatic rings. The fourth-order valence-corrected chi connectivity index (χ4v) is 4.48. The molecule has 2 heterocycles. The highest BCUT2D eigenvalue weighted by atomic mass is 16.3. The number of hydrogen-bond donors (Lipinski definition) is 1. The first kappa shape index (κ1) is 17.6. The summed E-state index contributed by atoms with van der Waals surface area (Å²) in [4.78, 5) is 26.3. The second-order valence-electron chi connectivity index (χ2n) is 7.61. The summed E-state index contributed by atoms with van der Waals surface area (Å²) in [5.74, 6) is -0.879. The van der Waals surface area contributed by atoms with Gasteiger partial charge in [-0.1, -0.05) is 48.5 Å². The molecule has 0 unspecified atom stereocenters. The lowest BCUT2D eigenvalue weighted by atomic mass is 9.94. The third-order valence-corrected chi connectivity index (χ3v) is 5.90. The molecule has 1 amide bonds. The molecular formula is C23H21N3O3. The lowest BCUT2D eigenvalue weighted by Gasteiger charge is -2.43. The minimum Gasteiger partial charge on any atom is -0.502 e. The summed E-state index contributed by atoms with van der Waals surface area (Å²) in [7, 11) is 1.68. The Hall–Kier alpha value is -3.54. The Morgan fingerprint density at radius 3 is 2.10 bits per heavy atom. The van der Waals surface area contributed by atoms with Crippen LogP contribution in [0, 0.1) is 0 Å². The summed E-state index contributed by atoms with van der Waals surface area (Å²) in [5.41, 5.74) is 4.32. The number of rotatable bonds is 1. The van der Waals surface area contributed by atoms with Gasteiger partial charge in [0.2, 0.25) is 5.43 Å². The molecule has 0 spiro atoms. The molecule has 0 bridgehead atoms. The van der Waals surface area contributed by atoms with Crippen LogP contribution in [-0.4, -0.2) is 34.3 Å². The van der Waals surface area contributed by atoms with Crippen molar-refractivity contribution in [2.45, 2.75) is 18.9 Å². The standard InChI is InChI=1S/C23H21N3O3/c1-24-14-26(25-13-12-19(27)22(28)21(25)23(24)29)20-17-8-4-2-6-15(17)10-11-16-7-3-5-9-18(16)20/h2-9,12-13,20,28H,10-11,14H2,1H3. The minimum atomic E-state index is -0.554. The molecule has 0 radical (unpaired) electrons. The van der Waals surface area contributed by atoms with E-state index in [4.69, 9.17) is 0 Å². The average Bonchev–Trinajstić information content (AvgIpc) is 2.90. The van der Waals surface area contributed by atoms with E-state index in [-0.39, 0.29) is 17.6 Å². The highest BCUT2D eigenvalue weighted by Gasteiger charge is 2.36. The molecule has 0 saturated carbocycles. The van der Waals surface area contributed by atoms with Crippen LogP contribution < -0.4 is 10.4 Å². The van der Waals surface area contributed by atoms with Crippen LogP contribution in [0.1, 0.15) is 38.8 Å². The molecule has 1 aliphatic heterocycles. The van der Waals surface area contributed by atoms with Gasteiger partial charge in [-0.25, -0.2) is 0 Å². The van der Waals surface area contributed by atoms with Gasteiger partial charge in [-0.05, 0) is 35.1 Å². The molecule has 3 aromatic rings. The van der Waals surface area contributed by atoms with Crippen molar-refractivity contribution in [2.24, 2.45) is 0 Å². The average molecular weight is 387 g/mol. The maximum atomic E-state index is 12.8. The molecule has 0 fully saturated rings. The van der Waals surface area contributed by atoms with Crippen molar-refractivity contribution in [3.05, 3.63) is 99.0 Å². The zero-order valence-electron chi connectivity index (χ0n) is 16.1. The van der Waals surface area contributed by atoms with E-state index in [1.165, 1.54) is 33.2 Å². The van der Waals surface area contributed by atoms with Gasteiger partial charge < -0.3 is 10.0 Å². The second-order valence-corrected chi connectivity index (χ2v) is 7.61. The van der Waals surface area contributed by atoms with E-state index in [0.29, 0.717) is 6.67 Å². The van der Waals surface area contributed by atoms with Gasteiger partial charge in [-0.3, -0.25) is 19.3 Å². The van der Waals surface area contributed by atoms with E-state index in [1.54, 1.807) is 17.9 Å². The summed E-state index contributed by atoms with van der Waals surface area (Å²) < 4.78 is 1.64. The first-order valence-electron chi connectivity index (χ1n) is 9.69. The summed E-state index contributed by atoms with van der Waals surface area (Å²) in [6.07, 6.45) is 3.46. The van der Waals surface area contributed by atoms with Crippen molar-refractivity contribution in [1.82, 2.24) is 9.58 Å². The number of aromatic nitrogens is 1. The van der Waals surface area contributed by atoms with E-state index < -0.39 is 11.2 Å². The number of benzene rings is 2. The third-order valence-electron chi connectivity index (χ3n) is 5.90. The van der Waals surface area contributed by atoms with Crippen LogP contribution in [0.5, 0.6) is 5.75 Å². The number of aryl methyl sites for hydroxylation is 2. The number of carbonyl (C=O) groups excluding carboxylic acids is 1. The Bertz CT molecular complexity index is 1140. The van der Waals surface area contributed by atoms with Crippen molar-refractivity contribution in [3.8, 4) is 5.75 Å². The number of pyridine rings is 1. The van der Waals surface area contributed by atoms with Gasteiger partial charge in [0.25, 0.3) is 5.91 Å². The number of hydrogen-bond acceptors (Lipinski definition) is 4. The van der Waals surface area contributed by atoms with E-state index in [1.807, 2.05) is 29.3 Å². The predicted octanol–water partition coefficient (Wildman–Crippen LogP) is 2.42. The second kappa shape index (κ2) is 6.51. The number of amides is 1. The van der Waals surface area contributed by atoms with Crippen molar-refractivity contribution >= 4 is 5.91 Å². The van der Waals surface area contributed by atoms with Crippen LogP contribution in [-0.2, 0) is 12.8 Å². The Labute approximate surface area is 168 Å². The van der Waals surface area contributed by atoms with Crippen molar-refractivity contribution < 1.29 is 9.90 Å². The van der Waals surface area contributed by atoms with Gasteiger partial charge in [0.15, 0.2) is 11.4 Å². The highest BCUT2D eigenvalue weighted by Crippen LogP contribution is 2.37. The summed E-state index contributed by atoms with van der Waals surface area (Å²) in [5, 5.41) is 12.4. The van der Waals surface area contributed by atoms with Crippen molar-refractivity contribution in [1.29, 1.82) is 0 Å². The first-order chi connectivity index (χ1) is 14.1. The van der Waals surface area contributed by atoms with Crippen molar-refractivity contribution in [2.75, 3.05) is 18.7 Å². The molecule has 29 heavy (non-hydrogen) atoms. The van der Waals surface area contributed by atoms with Gasteiger partial charge in [-0.15, -0.1) is 0 Å². The minimum absolute atomic E-state index is 0.00505. The van der Waals surface area contributed by atoms with Gasteiger partial charge in [-0.2, -0.15) is 0 Å². The number of nitrogens with zero attached hydrogens (tertiary/aromatic N) is 3. The summed E-state index contributed by atoms with van der Waals surface area (Å²) in [6, 6.07) is 17.9. The molecular weight excluding hydrogens is 366 g/mol. The number of carbonyl (C=O) groups is 1. The van der Waals surface area contributed by atoms with E-state index in [9.17, 15) is 14.7 Å². The molecule has 146 valence electrons. The molecule has 5 rings (SSSR count). The number of fused-ring (bicyclic) bond motifs is 3. The molecule has 0 atom stereocenters. The largest absolute Gasteiger partial charge is 0.502 e. The monoisotopic (exact) mass is 387 g/mol. The highest BCUT2D eigenvalue weighted by molar-refractivity contribution is 5.96.